The second-order valence-corrected chi connectivity index (χ2v) is 4.86. The zero-order chi connectivity index (χ0) is 13.8. The van der Waals surface area contributed by atoms with Crippen molar-refractivity contribution in [3.05, 3.63) is 33.5 Å². The van der Waals surface area contributed by atoms with Crippen LogP contribution in [0.3, 0.4) is 0 Å². The van der Waals surface area contributed by atoms with E-state index < -0.39 is 0 Å². The highest BCUT2D eigenvalue weighted by molar-refractivity contribution is 6.36. The van der Waals surface area contributed by atoms with Crippen LogP contribution < -0.4 is 4.74 Å². The number of nitrogens with zero attached hydrogens (tertiary/aromatic N) is 3. The summed E-state index contributed by atoms with van der Waals surface area (Å²) < 4.78 is 5.35. The van der Waals surface area contributed by atoms with E-state index in [1.54, 1.807) is 18.2 Å². The lowest BCUT2D eigenvalue weighted by molar-refractivity contribution is 0.291. The maximum absolute atomic E-state index is 6.10. The molecule has 0 radical (unpaired) electrons. The lowest BCUT2D eigenvalue weighted by Gasteiger charge is -2.06. The average molecular weight is 319 g/mol. The summed E-state index contributed by atoms with van der Waals surface area (Å²) in [4.78, 5) is 12.1. The molecule has 0 unspecified atom stereocenters. The number of rotatable bonds is 4. The number of halogens is 3. The number of hydrogen-bond acceptors (Lipinski definition) is 4. The summed E-state index contributed by atoms with van der Waals surface area (Å²) >= 11 is 17.8. The first-order chi connectivity index (χ1) is 9.10. The third-order valence-corrected chi connectivity index (χ3v) is 2.91. The molecule has 1 aromatic heterocycles. The molecule has 0 aliphatic carbocycles. The monoisotopic (exact) mass is 317 g/mol. The van der Waals surface area contributed by atoms with Gasteiger partial charge in [0, 0.05) is 10.6 Å². The lowest BCUT2D eigenvalue weighted by Crippen LogP contribution is -2.03. The fourth-order valence-corrected chi connectivity index (χ4v) is 2.03. The summed E-state index contributed by atoms with van der Waals surface area (Å²) in [5.74, 6) is 0.354. The van der Waals surface area contributed by atoms with E-state index in [4.69, 9.17) is 39.5 Å². The van der Waals surface area contributed by atoms with Crippen molar-refractivity contribution in [2.45, 2.75) is 13.3 Å². The Morgan fingerprint density at radius 1 is 1.11 bits per heavy atom. The van der Waals surface area contributed by atoms with Gasteiger partial charge in [0.05, 0.1) is 11.6 Å². The average Bonchev–Trinajstić information content (AvgIpc) is 2.35. The van der Waals surface area contributed by atoms with Crippen molar-refractivity contribution < 1.29 is 4.74 Å². The van der Waals surface area contributed by atoms with Gasteiger partial charge >= 0.3 is 6.01 Å². The Balaban J connectivity index is 2.41. The van der Waals surface area contributed by atoms with Crippen molar-refractivity contribution in [3.63, 3.8) is 0 Å². The molecule has 0 N–H and O–H groups in total. The fourth-order valence-electron chi connectivity index (χ4n) is 1.38. The Labute approximate surface area is 125 Å². The zero-order valence-corrected chi connectivity index (χ0v) is 12.3. The molecule has 1 heterocycles. The Morgan fingerprint density at radius 3 is 2.58 bits per heavy atom. The molecule has 0 atom stereocenters. The quantitative estimate of drug-likeness (QED) is 0.844. The predicted molar refractivity (Wildman–Crippen MR) is 76.1 cm³/mol. The molecule has 0 fully saturated rings. The summed E-state index contributed by atoms with van der Waals surface area (Å²) in [6.45, 7) is 2.49. The van der Waals surface area contributed by atoms with E-state index in [1.807, 2.05) is 6.92 Å². The van der Waals surface area contributed by atoms with Crippen LogP contribution in [0.2, 0.25) is 15.3 Å². The Hall–Kier alpha value is -1.10. The molecule has 0 saturated heterocycles. The third-order valence-electron chi connectivity index (χ3n) is 2.19. The number of benzene rings is 1. The minimum absolute atomic E-state index is 0.0575. The van der Waals surface area contributed by atoms with Crippen LogP contribution >= 0.6 is 34.8 Å². The molecule has 0 spiro atoms. The molecule has 7 heteroatoms. The Bertz CT molecular complexity index is 592. The minimum Gasteiger partial charge on any atom is -0.463 e. The minimum atomic E-state index is 0.0575. The fraction of sp³-hybridized carbons (Fsp3) is 0.250. The van der Waals surface area contributed by atoms with Gasteiger partial charge in [-0.05, 0) is 36.2 Å². The lowest BCUT2D eigenvalue weighted by atomic mass is 10.2. The molecule has 19 heavy (non-hydrogen) atoms. The third kappa shape index (κ3) is 3.69. The van der Waals surface area contributed by atoms with Crippen molar-refractivity contribution in [2.24, 2.45) is 0 Å². The maximum atomic E-state index is 6.10. The molecule has 0 aliphatic heterocycles. The van der Waals surface area contributed by atoms with Crippen molar-refractivity contribution in [1.82, 2.24) is 15.0 Å². The second kappa shape index (κ2) is 6.37. The number of hydrogen-bond donors (Lipinski definition) is 0. The summed E-state index contributed by atoms with van der Waals surface area (Å²) in [6, 6.07) is 5.22. The first kappa shape index (κ1) is 14.3. The van der Waals surface area contributed by atoms with E-state index in [0.29, 0.717) is 28.0 Å². The normalized spacial score (nSPS) is 10.5. The first-order valence-electron chi connectivity index (χ1n) is 5.60. The molecule has 100 valence electrons. The van der Waals surface area contributed by atoms with Gasteiger partial charge in [0.25, 0.3) is 0 Å². The molecule has 4 nitrogen and oxygen atoms in total. The molecule has 0 amide bonds. The topological polar surface area (TPSA) is 47.9 Å². The summed E-state index contributed by atoms with van der Waals surface area (Å²) in [6.07, 6.45) is 0.848. The van der Waals surface area contributed by atoms with Gasteiger partial charge in [-0.3, -0.25) is 0 Å². The van der Waals surface area contributed by atoms with Crippen LogP contribution in [0.1, 0.15) is 13.3 Å². The number of aromatic nitrogens is 3. The molecule has 0 saturated carbocycles. The number of ether oxygens (including phenoxy) is 1. The highest BCUT2D eigenvalue weighted by Gasteiger charge is 2.11. The van der Waals surface area contributed by atoms with Crippen LogP contribution in [0.25, 0.3) is 11.4 Å². The van der Waals surface area contributed by atoms with Crippen LogP contribution in [0.5, 0.6) is 6.01 Å². The van der Waals surface area contributed by atoms with Crippen molar-refractivity contribution in [1.29, 1.82) is 0 Å². The largest absolute Gasteiger partial charge is 0.463 e. The van der Waals surface area contributed by atoms with Crippen LogP contribution in [0, 0.1) is 0 Å². The summed E-state index contributed by atoms with van der Waals surface area (Å²) in [7, 11) is 0. The van der Waals surface area contributed by atoms with Gasteiger partial charge in [0.1, 0.15) is 0 Å². The predicted octanol–water partition coefficient (Wildman–Crippen LogP) is 4.29. The molecule has 2 rings (SSSR count). The van der Waals surface area contributed by atoms with Gasteiger partial charge in [-0.25, -0.2) is 0 Å². The highest BCUT2D eigenvalue weighted by Crippen LogP contribution is 2.29. The van der Waals surface area contributed by atoms with Crippen LogP contribution in [0.4, 0.5) is 0 Å². The maximum Gasteiger partial charge on any atom is 0.321 e. The Kier molecular flexibility index (Phi) is 4.80. The van der Waals surface area contributed by atoms with E-state index in [1.165, 1.54) is 0 Å². The van der Waals surface area contributed by atoms with E-state index in [9.17, 15) is 0 Å². The molecular weight excluding hydrogens is 309 g/mol. The molecule has 0 bridgehead atoms. The smallest absolute Gasteiger partial charge is 0.321 e. The van der Waals surface area contributed by atoms with Crippen molar-refractivity contribution >= 4 is 34.8 Å². The van der Waals surface area contributed by atoms with Crippen LogP contribution in [-0.2, 0) is 0 Å². The standard InChI is InChI=1S/C12H10Cl3N3O/c1-2-5-19-12-17-10(16-11(15)18-12)8-4-3-7(13)6-9(8)14/h3-4,6H,2,5H2,1H3. The first-order valence-corrected chi connectivity index (χ1v) is 6.73. The van der Waals surface area contributed by atoms with E-state index in [2.05, 4.69) is 15.0 Å². The zero-order valence-electron chi connectivity index (χ0n) is 10.0. The Morgan fingerprint density at radius 2 is 1.89 bits per heavy atom. The SMILES string of the molecule is CCCOc1nc(Cl)nc(-c2ccc(Cl)cc2Cl)n1. The van der Waals surface area contributed by atoms with Crippen molar-refractivity contribution in [3.8, 4) is 17.4 Å². The van der Waals surface area contributed by atoms with Gasteiger partial charge in [-0.15, -0.1) is 0 Å². The molecule has 0 aliphatic rings. The van der Waals surface area contributed by atoms with Crippen LogP contribution in [0.15, 0.2) is 18.2 Å². The van der Waals surface area contributed by atoms with Crippen LogP contribution in [-0.4, -0.2) is 21.6 Å². The highest BCUT2D eigenvalue weighted by atomic mass is 35.5. The van der Waals surface area contributed by atoms with Gasteiger partial charge in [-0.2, -0.15) is 15.0 Å². The van der Waals surface area contributed by atoms with E-state index in [0.717, 1.165) is 6.42 Å². The molecule has 2 aromatic rings. The van der Waals surface area contributed by atoms with Crippen molar-refractivity contribution in [2.75, 3.05) is 6.61 Å². The van der Waals surface area contributed by atoms with Gasteiger partial charge in [-0.1, -0.05) is 30.1 Å². The second-order valence-electron chi connectivity index (χ2n) is 3.68. The molecular formula is C12H10Cl3N3O. The molecule has 1 aromatic carbocycles. The van der Waals surface area contributed by atoms with Gasteiger partial charge in [0.2, 0.25) is 5.28 Å². The van der Waals surface area contributed by atoms with Gasteiger partial charge in [0.15, 0.2) is 5.82 Å². The summed E-state index contributed by atoms with van der Waals surface area (Å²) in [5, 5.41) is 1.04. The van der Waals surface area contributed by atoms with Gasteiger partial charge < -0.3 is 4.74 Å². The summed E-state index contributed by atoms with van der Waals surface area (Å²) in [5.41, 5.74) is 0.622. The van der Waals surface area contributed by atoms with E-state index >= 15 is 0 Å². The van der Waals surface area contributed by atoms with E-state index in [-0.39, 0.29) is 11.3 Å².